The first-order chi connectivity index (χ1) is 26.1. The van der Waals surface area contributed by atoms with Crippen LogP contribution in [0.1, 0.15) is 11.1 Å². The Morgan fingerprint density at radius 1 is 0.434 bits per heavy atom. The molecule has 252 valence electrons. The van der Waals surface area contributed by atoms with Crippen LogP contribution in [0.3, 0.4) is 0 Å². The molecule has 0 unspecified atom stereocenters. The largest absolute Gasteiger partial charge is 0.455 e. The summed E-state index contributed by atoms with van der Waals surface area (Å²) in [6.45, 7) is 4.36. The molecule has 0 saturated carbocycles. The molecule has 0 aliphatic carbocycles. The van der Waals surface area contributed by atoms with E-state index < -0.39 is 0 Å². The minimum Gasteiger partial charge on any atom is -0.455 e. The van der Waals surface area contributed by atoms with E-state index in [4.69, 9.17) is 4.42 Å². The Morgan fingerprint density at radius 2 is 1.09 bits per heavy atom. The highest BCUT2D eigenvalue weighted by atomic mass is 16.3. The summed E-state index contributed by atoms with van der Waals surface area (Å²) in [5.74, 6) is 0. The van der Waals surface area contributed by atoms with E-state index in [9.17, 15) is 0 Å². The maximum atomic E-state index is 6.73. The van der Waals surface area contributed by atoms with Gasteiger partial charge in [-0.05, 0) is 108 Å². The van der Waals surface area contributed by atoms with Gasteiger partial charge in [-0.2, -0.15) is 0 Å². The zero-order valence-electron chi connectivity index (χ0n) is 29.6. The molecule has 3 heteroatoms. The van der Waals surface area contributed by atoms with Crippen LogP contribution in [-0.2, 0) is 0 Å². The van der Waals surface area contributed by atoms with Crippen LogP contribution in [0.2, 0.25) is 0 Å². The van der Waals surface area contributed by atoms with E-state index in [1.165, 1.54) is 44.1 Å². The Labute approximate surface area is 308 Å². The van der Waals surface area contributed by atoms with Crippen molar-refractivity contribution < 1.29 is 4.42 Å². The molecule has 2 heterocycles. The third-order valence-electron chi connectivity index (χ3n) is 10.5. The summed E-state index contributed by atoms with van der Waals surface area (Å²) in [5, 5.41) is 4.68. The van der Waals surface area contributed by atoms with Gasteiger partial charge in [0.15, 0.2) is 0 Å². The van der Waals surface area contributed by atoms with Crippen molar-refractivity contribution in [2.24, 2.45) is 0 Å². The molecule has 0 fully saturated rings. The summed E-state index contributed by atoms with van der Waals surface area (Å²) < 4.78 is 9.11. The molecule has 10 aromatic rings. The highest BCUT2D eigenvalue weighted by Gasteiger charge is 2.21. The van der Waals surface area contributed by atoms with Gasteiger partial charge in [-0.25, -0.2) is 0 Å². The van der Waals surface area contributed by atoms with Crippen molar-refractivity contribution in [3.63, 3.8) is 0 Å². The number of hydrogen-bond donors (Lipinski definition) is 0. The molecule has 0 saturated heterocycles. The van der Waals surface area contributed by atoms with Crippen LogP contribution in [0.5, 0.6) is 0 Å². The van der Waals surface area contributed by atoms with Crippen molar-refractivity contribution in [2.75, 3.05) is 4.90 Å². The molecule has 0 bridgehead atoms. The number of anilines is 3. The molecule has 2 aromatic heterocycles. The van der Waals surface area contributed by atoms with Gasteiger partial charge < -0.3 is 13.9 Å². The predicted molar refractivity (Wildman–Crippen MR) is 223 cm³/mol. The van der Waals surface area contributed by atoms with E-state index in [-0.39, 0.29) is 0 Å². The van der Waals surface area contributed by atoms with E-state index in [0.717, 1.165) is 55.8 Å². The van der Waals surface area contributed by atoms with Gasteiger partial charge in [0.05, 0.1) is 11.0 Å². The minimum atomic E-state index is 0.879. The van der Waals surface area contributed by atoms with Gasteiger partial charge in [-0.3, -0.25) is 0 Å². The van der Waals surface area contributed by atoms with Gasteiger partial charge in [0, 0.05) is 49.9 Å². The fourth-order valence-corrected chi connectivity index (χ4v) is 8.11. The van der Waals surface area contributed by atoms with Gasteiger partial charge in [-0.15, -0.1) is 0 Å². The lowest BCUT2D eigenvalue weighted by molar-refractivity contribution is 0.670. The summed E-state index contributed by atoms with van der Waals surface area (Å²) >= 11 is 0. The predicted octanol–water partition coefficient (Wildman–Crippen LogP) is 14.1. The van der Waals surface area contributed by atoms with Crippen molar-refractivity contribution in [3.05, 3.63) is 193 Å². The first-order valence-electron chi connectivity index (χ1n) is 18.2. The highest BCUT2D eigenvalue weighted by molar-refractivity contribution is 6.12. The monoisotopic (exact) mass is 680 g/mol. The molecule has 0 radical (unpaired) electrons. The topological polar surface area (TPSA) is 21.3 Å². The number of rotatable bonds is 6. The summed E-state index contributed by atoms with van der Waals surface area (Å²) in [6, 6.07) is 65.4. The molecule has 0 atom stereocenters. The molecule has 53 heavy (non-hydrogen) atoms. The maximum Gasteiger partial charge on any atom is 0.143 e. The summed E-state index contributed by atoms with van der Waals surface area (Å²) in [6.07, 6.45) is 0. The number of benzene rings is 8. The van der Waals surface area contributed by atoms with Crippen molar-refractivity contribution in [1.82, 2.24) is 4.57 Å². The second-order valence-corrected chi connectivity index (χ2v) is 13.9. The van der Waals surface area contributed by atoms with Gasteiger partial charge in [0.1, 0.15) is 11.2 Å². The standard InChI is InChI=1S/C50H36N2O/c1-33-14-12-18-37(28-33)51(39-26-27-41(34(2)29-39)35-15-4-3-5-16-35)40-31-45(50-46(32-40)44-22-8-11-25-49(44)53-50)36-17-13-19-38(30-36)52-47-23-9-6-20-42(47)43-21-7-10-24-48(43)52/h3-32H,1-2H3. The van der Waals surface area contributed by atoms with E-state index >= 15 is 0 Å². The molecule has 0 N–H and O–H groups in total. The third kappa shape index (κ3) is 5.20. The number of aromatic nitrogens is 1. The summed E-state index contributed by atoms with van der Waals surface area (Å²) in [7, 11) is 0. The van der Waals surface area contributed by atoms with E-state index in [2.05, 4.69) is 199 Å². The van der Waals surface area contributed by atoms with E-state index in [1.807, 2.05) is 6.07 Å². The van der Waals surface area contributed by atoms with Crippen LogP contribution in [0.15, 0.2) is 186 Å². The van der Waals surface area contributed by atoms with Crippen LogP contribution in [0.4, 0.5) is 17.1 Å². The Balaban J connectivity index is 1.21. The van der Waals surface area contributed by atoms with Gasteiger partial charge in [0.2, 0.25) is 0 Å². The van der Waals surface area contributed by atoms with Gasteiger partial charge in [0.25, 0.3) is 0 Å². The molecule has 0 aliphatic heterocycles. The fourth-order valence-electron chi connectivity index (χ4n) is 8.11. The van der Waals surface area contributed by atoms with E-state index in [0.29, 0.717) is 0 Å². The molecule has 0 amide bonds. The number of fused-ring (bicyclic) bond motifs is 6. The van der Waals surface area contributed by atoms with Crippen LogP contribution < -0.4 is 4.90 Å². The second-order valence-electron chi connectivity index (χ2n) is 13.9. The SMILES string of the molecule is Cc1cccc(N(c2ccc(-c3ccccc3)c(C)c2)c2cc(-c3cccc(-n4c5ccccc5c5ccccc54)c3)c3oc4ccccc4c3c2)c1. The number of aryl methyl sites for hydroxylation is 2. The second kappa shape index (κ2) is 12.4. The first kappa shape index (κ1) is 30.9. The molecule has 10 rings (SSSR count). The van der Waals surface area contributed by atoms with Crippen molar-refractivity contribution in [1.29, 1.82) is 0 Å². The van der Waals surface area contributed by atoms with Crippen molar-refractivity contribution in [2.45, 2.75) is 13.8 Å². The lowest BCUT2D eigenvalue weighted by Gasteiger charge is -2.27. The van der Waals surface area contributed by atoms with E-state index in [1.54, 1.807) is 0 Å². The summed E-state index contributed by atoms with van der Waals surface area (Å²) in [5.41, 5.74) is 15.5. The molecule has 0 aliphatic rings. The minimum absolute atomic E-state index is 0.879. The van der Waals surface area contributed by atoms with Gasteiger partial charge >= 0.3 is 0 Å². The van der Waals surface area contributed by atoms with Crippen LogP contribution >= 0.6 is 0 Å². The highest BCUT2D eigenvalue weighted by Crippen LogP contribution is 2.45. The molecule has 8 aromatic carbocycles. The number of nitrogens with zero attached hydrogens (tertiary/aromatic N) is 2. The average molecular weight is 681 g/mol. The van der Waals surface area contributed by atoms with Gasteiger partial charge in [-0.1, -0.05) is 115 Å². The van der Waals surface area contributed by atoms with Crippen LogP contribution in [0, 0.1) is 13.8 Å². The van der Waals surface area contributed by atoms with Crippen molar-refractivity contribution >= 4 is 60.8 Å². The zero-order valence-corrected chi connectivity index (χ0v) is 29.6. The number of hydrogen-bond acceptors (Lipinski definition) is 2. The Kier molecular flexibility index (Phi) is 7.26. The normalized spacial score (nSPS) is 11.6. The molecule has 0 spiro atoms. The first-order valence-corrected chi connectivity index (χ1v) is 18.2. The zero-order chi connectivity index (χ0) is 35.5. The lowest BCUT2D eigenvalue weighted by atomic mass is 9.98. The lowest BCUT2D eigenvalue weighted by Crippen LogP contribution is -2.11. The number of para-hydroxylation sites is 3. The Bertz CT molecular complexity index is 2930. The Morgan fingerprint density at radius 3 is 1.85 bits per heavy atom. The molecular formula is C50H36N2O. The third-order valence-corrected chi connectivity index (χ3v) is 10.5. The summed E-state index contributed by atoms with van der Waals surface area (Å²) in [4.78, 5) is 2.39. The molecule has 3 nitrogen and oxygen atoms in total. The van der Waals surface area contributed by atoms with Crippen LogP contribution in [-0.4, -0.2) is 4.57 Å². The Hall–Kier alpha value is -6.84. The van der Waals surface area contributed by atoms with Crippen LogP contribution in [0.25, 0.3) is 71.7 Å². The average Bonchev–Trinajstić information content (AvgIpc) is 3.74. The fraction of sp³-hybridized carbons (Fsp3) is 0.0400. The molecular weight excluding hydrogens is 645 g/mol. The van der Waals surface area contributed by atoms with Crippen molar-refractivity contribution in [3.8, 4) is 27.9 Å². The smallest absolute Gasteiger partial charge is 0.143 e. The number of furan rings is 1. The quantitative estimate of drug-likeness (QED) is 0.174. The maximum absolute atomic E-state index is 6.73.